The van der Waals surface area contributed by atoms with Crippen LogP contribution >= 0.6 is 27.7 Å². The summed E-state index contributed by atoms with van der Waals surface area (Å²) in [5, 5.41) is 3.68. The molecule has 1 unspecified atom stereocenters. The third kappa shape index (κ3) is 3.70. The number of thioether (sulfide) groups is 1. The lowest BCUT2D eigenvalue weighted by molar-refractivity contribution is 0.509. The molecule has 0 spiro atoms. The van der Waals surface area contributed by atoms with Crippen LogP contribution in [0.1, 0.15) is 37.3 Å². The van der Waals surface area contributed by atoms with Gasteiger partial charge in [-0.25, -0.2) is 8.78 Å². The predicted molar refractivity (Wildman–Crippen MR) is 80.6 cm³/mol. The minimum absolute atomic E-state index is 0.141. The summed E-state index contributed by atoms with van der Waals surface area (Å²) in [7, 11) is 1.75. The van der Waals surface area contributed by atoms with Crippen molar-refractivity contribution in [2.45, 2.75) is 37.0 Å². The standard InChI is InChI=1S/C14H18BrF2NS/c1-18-12(8-19-9-4-2-3-5-9)13-11(16)7-6-10(15)14(13)17/h6-7,9,12,18H,2-5,8H2,1H3. The molecule has 1 aliphatic carbocycles. The van der Waals surface area contributed by atoms with Gasteiger partial charge in [-0.1, -0.05) is 12.8 Å². The molecule has 1 fully saturated rings. The quantitative estimate of drug-likeness (QED) is 0.775. The summed E-state index contributed by atoms with van der Waals surface area (Å²) in [5.41, 5.74) is 0.141. The molecule has 0 aliphatic heterocycles. The van der Waals surface area contributed by atoms with E-state index in [1.165, 1.54) is 37.8 Å². The average Bonchev–Trinajstić information content (AvgIpc) is 2.91. The van der Waals surface area contributed by atoms with Crippen LogP contribution in [-0.4, -0.2) is 18.1 Å². The van der Waals surface area contributed by atoms with Gasteiger partial charge in [0.15, 0.2) is 0 Å². The zero-order valence-corrected chi connectivity index (χ0v) is 13.3. The van der Waals surface area contributed by atoms with Gasteiger partial charge in [-0.15, -0.1) is 0 Å². The molecule has 1 nitrogen and oxygen atoms in total. The molecule has 0 aromatic heterocycles. The van der Waals surface area contributed by atoms with Crippen molar-refractivity contribution in [3.63, 3.8) is 0 Å². The van der Waals surface area contributed by atoms with E-state index >= 15 is 0 Å². The van der Waals surface area contributed by atoms with E-state index in [1.54, 1.807) is 7.05 Å². The van der Waals surface area contributed by atoms with Gasteiger partial charge in [0, 0.05) is 22.6 Å². The zero-order valence-electron chi connectivity index (χ0n) is 10.9. The third-order valence-corrected chi connectivity index (χ3v) is 5.66. The van der Waals surface area contributed by atoms with Gasteiger partial charge in [-0.3, -0.25) is 0 Å². The maximum Gasteiger partial charge on any atom is 0.145 e. The second-order valence-electron chi connectivity index (χ2n) is 4.84. The van der Waals surface area contributed by atoms with Crippen LogP contribution < -0.4 is 5.32 Å². The van der Waals surface area contributed by atoms with E-state index in [4.69, 9.17) is 0 Å². The molecule has 0 bridgehead atoms. The van der Waals surface area contributed by atoms with Gasteiger partial charge in [0.25, 0.3) is 0 Å². The second-order valence-corrected chi connectivity index (χ2v) is 7.03. The van der Waals surface area contributed by atoms with Crippen LogP contribution in [0.15, 0.2) is 16.6 Å². The lowest BCUT2D eigenvalue weighted by Gasteiger charge is -2.20. The summed E-state index contributed by atoms with van der Waals surface area (Å²) < 4.78 is 28.2. The summed E-state index contributed by atoms with van der Waals surface area (Å²) in [6.07, 6.45) is 5.01. The molecular weight excluding hydrogens is 332 g/mol. The summed E-state index contributed by atoms with van der Waals surface area (Å²) >= 11 is 4.94. The first-order valence-electron chi connectivity index (χ1n) is 6.55. The van der Waals surface area contributed by atoms with Crippen LogP contribution in [0.5, 0.6) is 0 Å². The van der Waals surface area contributed by atoms with Crippen LogP contribution in [0.4, 0.5) is 8.78 Å². The van der Waals surface area contributed by atoms with Crippen LogP contribution in [0, 0.1) is 11.6 Å². The van der Waals surface area contributed by atoms with Gasteiger partial charge in [-0.05, 0) is 48.0 Å². The van der Waals surface area contributed by atoms with Gasteiger partial charge < -0.3 is 5.32 Å². The Morgan fingerprint density at radius 2 is 2.05 bits per heavy atom. The van der Waals surface area contributed by atoms with E-state index < -0.39 is 11.6 Å². The molecule has 1 aromatic carbocycles. The van der Waals surface area contributed by atoms with Crippen molar-refractivity contribution in [3.05, 3.63) is 33.8 Å². The Morgan fingerprint density at radius 3 is 2.68 bits per heavy atom. The van der Waals surface area contributed by atoms with Gasteiger partial charge in [0.05, 0.1) is 4.47 Å². The Labute approximate surface area is 125 Å². The molecule has 0 amide bonds. The molecule has 1 N–H and O–H groups in total. The van der Waals surface area contributed by atoms with Crippen molar-refractivity contribution >= 4 is 27.7 Å². The van der Waals surface area contributed by atoms with E-state index in [0.717, 1.165) is 0 Å². The Kier molecular flexibility index (Phi) is 5.66. The molecule has 1 aromatic rings. The average molecular weight is 350 g/mol. The predicted octanol–water partition coefficient (Wildman–Crippen LogP) is 4.66. The number of halogens is 3. The van der Waals surface area contributed by atoms with E-state index in [2.05, 4.69) is 21.2 Å². The fourth-order valence-electron chi connectivity index (χ4n) is 2.46. The SMILES string of the molecule is CNC(CSC1CCCC1)c1c(F)ccc(Br)c1F. The molecule has 5 heteroatoms. The Morgan fingerprint density at radius 1 is 1.37 bits per heavy atom. The first-order chi connectivity index (χ1) is 9.13. The monoisotopic (exact) mass is 349 g/mol. The van der Waals surface area contributed by atoms with Crippen LogP contribution in [0.2, 0.25) is 0 Å². The van der Waals surface area contributed by atoms with Crippen molar-refractivity contribution in [2.24, 2.45) is 0 Å². The molecule has 0 radical (unpaired) electrons. The first-order valence-corrected chi connectivity index (χ1v) is 8.40. The molecule has 106 valence electrons. The molecule has 0 heterocycles. The topological polar surface area (TPSA) is 12.0 Å². The van der Waals surface area contributed by atoms with E-state index in [-0.39, 0.29) is 11.6 Å². The fourth-order valence-corrected chi connectivity index (χ4v) is 4.27. The minimum Gasteiger partial charge on any atom is -0.312 e. The summed E-state index contributed by atoms with van der Waals surface area (Å²) in [6, 6.07) is 2.43. The lowest BCUT2D eigenvalue weighted by Crippen LogP contribution is -2.22. The highest BCUT2D eigenvalue weighted by Crippen LogP contribution is 2.34. The Bertz CT molecular complexity index is 436. The van der Waals surface area contributed by atoms with E-state index in [1.807, 2.05) is 11.8 Å². The lowest BCUT2D eigenvalue weighted by atomic mass is 10.1. The van der Waals surface area contributed by atoms with Gasteiger partial charge >= 0.3 is 0 Å². The Hall–Kier alpha value is -0.130. The maximum atomic E-state index is 14.1. The van der Waals surface area contributed by atoms with Gasteiger partial charge in [0.2, 0.25) is 0 Å². The first kappa shape index (κ1) is 15.3. The summed E-state index contributed by atoms with van der Waals surface area (Å²) in [5.74, 6) is -0.274. The molecule has 1 atom stereocenters. The highest BCUT2D eigenvalue weighted by atomic mass is 79.9. The van der Waals surface area contributed by atoms with E-state index in [0.29, 0.717) is 15.5 Å². The van der Waals surface area contributed by atoms with Crippen LogP contribution in [0.3, 0.4) is 0 Å². The summed E-state index contributed by atoms with van der Waals surface area (Å²) in [6.45, 7) is 0. The van der Waals surface area contributed by atoms with Gasteiger partial charge in [0.1, 0.15) is 11.6 Å². The minimum atomic E-state index is -0.494. The highest BCUT2D eigenvalue weighted by Gasteiger charge is 2.23. The Balaban J connectivity index is 2.10. The normalized spacial score (nSPS) is 17.9. The number of hydrogen-bond acceptors (Lipinski definition) is 2. The molecule has 2 rings (SSSR count). The molecule has 19 heavy (non-hydrogen) atoms. The molecule has 1 aliphatic rings. The number of rotatable bonds is 5. The fraction of sp³-hybridized carbons (Fsp3) is 0.571. The zero-order chi connectivity index (χ0) is 13.8. The van der Waals surface area contributed by atoms with Crippen molar-refractivity contribution < 1.29 is 8.78 Å². The summed E-state index contributed by atoms with van der Waals surface area (Å²) in [4.78, 5) is 0. The maximum absolute atomic E-state index is 14.1. The molecule has 1 saturated carbocycles. The van der Waals surface area contributed by atoms with Crippen molar-refractivity contribution in [2.75, 3.05) is 12.8 Å². The van der Waals surface area contributed by atoms with Crippen LogP contribution in [-0.2, 0) is 0 Å². The number of hydrogen-bond donors (Lipinski definition) is 1. The number of nitrogens with one attached hydrogen (secondary N) is 1. The third-order valence-electron chi connectivity index (χ3n) is 3.58. The van der Waals surface area contributed by atoms with Crippen molar-refractivity contribution in [1.82, 2.24) is 5.32 Å². The largest absolute Gasteiger partial charge is 0.312 e. The van der Waals surface area contributed by atoms with Gasteiger partial charge in [-0.2, -0.15) is 11.8 Å². The molecular formula is C14H18BrF2NS. The van der Waals surface area contributed by atoms with Crippen molar-refractivity contribution in [1.29, 1.82) is 0 Å². The van der Waals surface area contributed by atoms with E-state index in [9.17, 15) is 8.78 Å². The number of benzene rings is 1. The second kappa shape index (κ2) is 7.04. The van der Waals surface area contributed by atoms with Crippen LogP contribution in [0.25, 0.3) is 0 Å². The highest BCUT2D eigenvalue weighted by molar-refractivity contribution is 9.10. The van der Waals surface area contributed by atoms with Crippen molar-refractivity contribution in [3.8, 4) is 0 Å². The smallest absolute Gasteiger partial charge is 0.145 e. The molecule has 0 saturated heterocycles.